The molecule has 0 N–H and O–H groups in total. The molecule has 0 saturated carbocycles. The van der Waals surface area contributed by atoms with Gasteiger partial charge in [-0.2, -0.15) is 0 Å². The van der Waals surface area contributed by atoms with Crippen molar-refractivity contribution in [1.29, 1.82) is 0 Å². The van der Waals surface area contributed by atoms with Crippen molar-refractivity contribution < 1.29 is 0 Å². The van der Waals surface area contributed by atoms with E-state index in [-0.39, 0.29) is 0 Å². The number of anilines is 1. The summed E-state index contributed by atoms with van der Waals surface area (Å²) in [6.45, 7) is 2.13. The summed E-state index contributed by atoms with van der Waals surface area (Å²) in [7, 11) is 0. The van der Waals surface area contributed by atoms with Gasteiger partial charge in [-0.25, -0.2) is 4.98 Å². The molecule has 3 heterocycles. The summed E-state index contributed by atoms with van der Waals surface area (Å²) in [5.74, 6) is 0. The van der Waals surface area contributed by atoms with Crippen molar-refractivity contribution in [1.82, 2.24) is 14.5 Å². The molecule has 112 valence electrons. The first-order valence-corrected chi connectivity index (χ1v) is 8.37. The third-order valence-electron chi connectivity index (χ3n) is 4.43. The minimum Gasteiger partial charge on any atom is -0.371 e. The highest BCUT2D eigenvalue weighted by Gasteiger charge is 2.21. The summed E-state index contributed by atoms with van der Waals surface area (Å²) in [4.78, 5) is 11.1. The van der Waals surface area contributed by atoms with E-state index in [0.29, 0.717) is 6.04 Å². The lowest BCUT2D eigenvalue weighted by molar-refractivity contribution is 0.396. The van der Waals surface area contributed by atoms with Crippen LogP contribution in [0.1, 0.15) is 18.9 Å². The molecule has 1 fully saturated rings. The highest BCUT2D eigenvalue weighted by Crippen LogP contribution is 2.32. The molecule has 0 unspecified atom stereocenters. The van der Waals surface area contributed by atoms with Crippen molar-refractivity contribution in [3.8, 4) is 0 Å². The third-order valence-corrected chi connectivity index (χ3v) is 4.93. The lowest BCUT2D eigenvalue weighted by Gasteiger charge is -2.34. The van der Waals surface area contributed by atoms with Crippen molar-refractivity contribution in [3.63, 3.8) is 0 Å². The normalized spacial score (nSPS) is 16.3. The molecule has 1 aliphatic heterocycles. The Morgan fingerprint density at radius 2 is 1.95 bits per heavy atom. The molecular weight excluding hydrogens is 340 g/mol. The van der Waals surface area contributed by atoms with Gasteiger partial charge in [0.2, 0.25) is 0 Å². The van der Waals surface area contributed by atoms with Gasteiger partial charge in [0.05, 0.1) is 11.8 Å². The van der Waals surface area contributed by atoms with E-state index in [0.717, 1.165) is 35.9 Å². The van der Waals surface area contributed by atoms with Gasteiger partial charge in [-0.15, -0.1) is 0 Å². The Kier molecular flexibility index (Phi) is 3.58. The minimum atomic E-state index is 0.568. The standard InChI is InChI=1S/C17H17BrN4/c18-13-1-2-16-15(11-13)17(3-6-20-16)21-8-4-14(5-9-21)22-10-7-19-12-22/h1-3,6-7,10-12,14H,4-5,8-9H2. The maximum absolute atomic E-state index is 4.47. The molecular formula is C17H17BrN4. The number of piperidine rings is 1. The second-order valence-electron chi connectivity index (χ2n) is 5.72. The number of rotatable bonds is 2. The smallest absolute Gasteiger partial charge is 0.0948 e. The van der Waals surface area contributed by atoms with Crippen LogP contribution in [-0.4, -0.2) is 27.6 Å². The number of imidazole rings is 1. The van der Waals surface area contributed by atoms with Crippen LogP contribution in [0.2, 0.25) is 0 Å². The Morgan fingerprint density at radius 3 is 2.73 bits per heavy atom. The Labute approximate surface area is 137 Å². The summed E-state index contributed by atoms with van der Waals surface area (Å²) in [5, 5.41) is 1.22. The molecule has 2 aromatic heterocycles. The number of pyridine rings is 1. The maximum Gasteiger partial charge on any atom is 0.0948 e. The first-order valence-electron chi connectivity index (χ1n) is 7.58. The van der Waals surface area contributed by atoms with Crippen LogP contribution in [0, 0.1) is 0 Å². The van der Waals surface area contributed by atoms with Crippen molar-refractivity contribution in [2.45, 2.75) is 18.9 Å². The Morgan fingerprint density at radius 1 is 1.09 bits per heavy atom. The number of benzene rings is 1. The van der Waals surface area contributed by atoms with Gasteiger partial charge >= 0.3 is 0 Å². The highest BCUT2D eigenvalue weighted by molar-refractivity contribution is 9.10. The van der Waals surface area contributed by atoms with Crippen LogP contribution in [0.3, 0.4) is 0 Å². The molecule has 0 aliphatic carbocycles. The summed E-state index contributed by atoms with van der Waals surface area (Å²) < 4.78 is 3.33. The van der Waals surface area contributed by atoms with Gasteiger partial charge in [0.25, 0.3) is 0 Å². The van der Waals surface area contributed by atoms with Gasteiger partial charge in [-0.3, -0.25) is 4.98 Å². The molecule has 4 rings (SSSR count). The van der Waals surface area contributed by atoms with E-state index in [9.17, 15) is 0 Å². The Hall–Kier alpha value is -1.88. The number of halogens is 1. The lowest BCUT2D eigenvalue weighted by atomic mass is 10.0. The van der Waals surface area contributed by atoms with Crippen molar-refractivity contribution in [2.75, 3.05) is 18.0 Å². The molecule has 0 atom stereocenters. The molecule has 1 aliphatic rings. The van der Waals surface area contributed by atoms with E-state index in [2.05, 4.69) is 59.8 Å². The van der Waals surface area contributed by atoms with Gasteiger partial charge in [0, 0.05) is 53.3 Å². The van der Waals surface area contributed by atoms with E-state index >= 15 is 0 Å². The highest BCUT2D eigenvalue weighted by atomic mass is 79.9. The maximum atomic E-state index is 4.47. The molecule has 22 heavy (non-hydrogen) atoms. The van der Waals surface area contributed by atoms with Crippen LogP contribution in [0.5, 0.6) is 0 Å². The molecule has 0 bridgehead atoms. The van der Waals surface area contributed by atoms with Gasteiger partial charge in [-0.1, -0.05) is 15.9 Å². The van der Waals surface area contributed by atoms with E-state index in [1.165, 1.54) is 11.1 Å². The van der Waals surface area contributed by atoms with Gasteiger partial charge < -0.3 is 9.47 Å². The largest absolute Gasteiger partial charge is 0.371 e. The number of hydrogen-bond acceptors (Lipinski definition) is 3. The number of hydrogen-bond donors (Lipinski definition) is 0. The van der Waals surface area contributed by atoms with Crippen molar-refractivity contribution in [3.05, 3.63) is 53.7 Å². The first kappa shape index (κ1) is 13.8. The fourth-order valence-electron chi connectivity index (χ4n) is 3.27. The Balaban J connectivity index is 1.60. The van der Waals surface area contributed by atoms with E-state index in [4.69, 9.17) is 0 Å². The van der Waals surface area contributed by atoms with E-state index in [1.54, 1.807) is 0 Å². The topological polar surface area (TPSA) is 34.0 Å². The number of aromatic nitrogens is 3. The summed E-state index contributed by atoms with van der Waals surface area (Å²) in [6, 6.07) is 8.98. The predicted octanol–water partition coefficient (Wildman–Crippen LogP) is 4.04. The van der Waals surface area contributed by atoms with E-state index in [1.807, 2.05) is 24.8 Å². The average Bonchev–Trinajstić information content (AvgIpc) is 3.09. The minimum absolute atomic E-state index is 0.568. The van der Waals surface area contributed by atoms with Gasteiger partial charge in [0.15, 0.2) is 0 Å². The molecule has 0 spiro atoms. The van der Waals surface area contributed by atoms with Gasteiger partial charge in [-0.05, 0) is 37.1 Å². The molecule has 0 amide bonds. The predicted molar refractivity (Wildman–Crippen MR) is 92.2 cm³/mol. The van der Waals surface area contributed by atoms with Crippen LogP contribution >= 0.6 is 15.9 Å². The molecule has 5 heteroatoms. The fraction of sp³-hybridized carbons (Fsp3) is 0.294. The lowest BCUT2D eigenvalue weighted by Crippen LogP contribution is -2.34. The molecule has 4 nitrogen and oxygen atoms in total. The Bertz CT molecular complexity index is 776. The van der Waals surface area contributed by atoms with Crippen LogP contribution in [0.15, 0.2) is 53.7 Å². The third kappa shape index (κ3) is 2.50. The zero-order chi connectivity index (χ0) is 14.9. The molecule has 1 aromatic carbocycles. The van der Waals surface area contributed by atoms with Crippen molar-refractivity contribution >= 4 is 32.5 Å². The van der Waals surface area contributed by atoms with Crippen molar-refractivity contribution in [2.24, 2.45) is 0 Å². The van der Waals surface area contributed by atoms with E-state index < -0.39 is 0 Å². The molecule has 0 radical (unpaired) electrons. The fourth-order valence-corrected chi connectivity index (χ4v) is 3.63. The van der Waals surface area contributed by atoms with Crippen LogP contribution in [0.25, 0.3) is 10.9 Å². The average molecular weight is 357 g/mol. The van der Waals surface area contributed by atoms with Crippen LogP contribution in [0.4, 0.5) is 5.69 Å². The first-order chi connectivity index (χ1) is 10.8. The SMILES string of the molecule is Brc1ccc2nccc(N3CCC(n4ccnc4)CC3)c2c1. The number of nitrogens with zero attached hydrogens (tertiary/aromatic N) is 4. The zero-order valence-corrected chi connectivity index (χ0v) is 13.8. The number of fused-ring (bicyclic) bond motifs is 1. The van der Waals surface area contributed by atoms with Gasteiger partial charge in [0.1, 0.15) is 0 Å². The monoisotopic (exact) mass is 356 g/mol. The molecule has 3 aromatic rings. The second kappa shape index (κ2) is 5.72. The summed E-state index contributed by atoms with van der Waals surface area (Å²) in [5.41, 5.74) is 2.34. The van der Waals surface area contributed by atoms with Crippen LogP contribution in [-0.2, 0) is 0 Å². The molecule has 1 saturated heterocycles. The summed E-state index contributed by atoms with van der Waals surface area (Å²) >= 11 is 3.57. The second-order valence-corrected chi connectivity index (χ2v) is 6.64. The van der Waals surface area contributed by atoms with Crippen LogP contribution < -0.4 is 4.90 Å². The zero-order valence-electron chi connectivity index (χ0n) is 12.2. The summed E-state index contributed by atoms with van der Waals surface area (Å²) in [6.07, 6.45) is 10.1. The quantitative estimate of drug-likeness (QED) is 0.694.